The number of piperidine rings is 1. The third kappa shape index (κ3) is 4.63. The van der Waals surface area contributed by atoms with E-state index in [1.54, 1.807) is 18.2 Å². The van der Waals surface area contributed by atoms with Crippen LogP contribution in [0.25, 0.3) is 0 Å². The molecule has 0 bridgehead atoms. The molecule has 6 nitrogen and oxygen atoms in total. The number of carbonyl (C=O) groups is 2. The Bertz CT molecular complexity index is 844. The number of nitrogens with zero attached hydrogens (tertiary/aromatic N) is 1. The first-order valence-electron chi connectivity index (χ1n) is 9.51. The van der Waals surface area contributed by atoms with E-state index in [0.717, 1.165) is 24.5 Å². The minimum Gasteiger partial charge on any atom is -0.496 e. The highest BCUT2D eigenvalue weighted by Gasteiger charge is 2.17. The monoisotopic (exact) mass is 382 g/mol. The van der Waals surface area contributed by atoms with Gasteiger partial charge in [0.15, 0.2) is 0 Å². The number of carbonyl (C=O) groups excluding carboxylic acids is 2. The average Bonchev–Trinajstić information content (AvgIpc) is 2.74. The summed E-state index contributed by atoms with van der Waals surface area (Å²) in [5.74, 6) is -0.0827. The molecule has 1 aliphatic heterocycles. The Balaban J connectivity index is 1.79. The van der Waals surface area contributed by atoms with Crippen LogP contribution in [0.3, 0.4) is 0 Å². The number of methoxy groups -OCH3 is 2. The van der Waals surface area contributed by atoms with E-state index >= 15 is 0 Å². The maximum Gasteiger partial charge on any atom is 0.310 e. The summed E-state index contributed by atoms with van der Waals surface area (Å²) in [7, 11) is 2.86. The topological polar surface area (TPSA) is 67.9 Å². The molecule has 0 saturated carbocycles. The molecule has 1 amide bonds. The van der Waals surface area contributed by atoms with Crippen molar-refractivity contribution >= 4 is 23.3 Å². The summed E-state index contributed by atoms with van der Waals surface area (Å²) >= 11 is 0. The quantitative estimate of drug-likeness (QED) is 0.773. The number of anilines is 2. The third-order valence-electron chi connectivity index (χ3n) is 4.96. The van der Waals surface area contributed by atoms with Gasteiger partial charge in [-0.2, -0.15) is 0 Å². The molecular weight excluding hydrogens is 356 g/mol. The molecule has 3 rings (SSSR count). The minimum absolute atomic E-state index is 0.0966. The summed E-state index contributed by atoms with van der Waals surface area (Å²) in [6.45, 7) is 2.01. The number of rotatable bonds is 6. The Kier molecular flexibility index (Phi) is 6.53. The van der Waals surface area contributed by atoms with E-state index in [2.05, 4.69) is 10.2 Å². The fourth-order valence-corrected chi connectivity index (χ4v) is 3.44. The van der Waals surface area contributed by atoms with Crippen LogP contribution in [0.2, 0.25) is 0 Å². The summed E-state index contributed by atoms with van der Waals surface area (Å²) in [6, 6.07) is 12.9. The predicted octanol–water partition coefficient (Wildman–Crippen LogP) is 3.65. The molecule has 0 atom stereocenters. The fraction of sp³-hybridized carbons (Fsp3) is 0.364. The first-order chi connectivity index (χ1) is 13.6. The van der Waals surface area contributed by atoms with Gasteiger partial charge in [0, 0.05) is 24.2 Å². The van der Waals surface area contributed by atoms with E-state index < -0.39 is 0 Å². The number of ether oxygens (including phenoxy) is 2. The van der Waals surface area contributed by atoms with E-state index in [-0.39, 0.29) is 18.3 Å². The number of hydrogen-bond acceptors (Lipinski definition) is 5. The molecule has 2 aromatic carbocycles. The van der Waals surface area contributed by atoms with Crippen molar-refractivity contribution in [2.45, 2.75) is 25.7 Å². The van der Waals surface area contributed by atoms with Crippen LogP contribution in [0.4, 0.5) is 11.4 Å². The zero-order valence-electron chi connectivity index (χ0n) is 16.4. The molecule has 1 heterocycles. The van der Waals surface area contributed by atoms with Gasteiger partial charge in [-0.25, -0.2) is 0 Å². The van der Waals surface area contributed by atoms with Gasteiger partial charge in [-0.05, 0) is 43.5 Å². The van der Waals surface area contributed by atoms with Gasteiger partial charge in [0.25, 0.3) is 5.91 Å². The second kappa shape index (κ2) is 9.26. The molecule has 0 spiro atoms. The highest BCUT2D eigenvalue weighted by Crippen LogP contribution is 2.29. The van der Waals surface area contributed by atoms with E-state index in [4.69, 9.17) is 9.47 Å². The average molecular weight is 382 g/mol. The summed E-state index contributed by atoms with van der Waals surface area (Å²) in [5.41, 5.74) is 3.00. The molecule has 0 unspecified atom stereocenters. The van der Waals surface area contributed by atoms with Crippen molar-refractivity contribution in [2.75, 3.05) is 37.5 Å². The van der Waals surface area contributed by atoms with Crippen molar-refractivity contribution in [2.24, 2.45) is 0 Å². The fourth-order valence-electron chi connectivity index (χ4n) is 3.44. The van der Waals surface area contributed by atoms with E-state index in [1.807, 2.05) is 24.3 Å². The van der Waals surface area contributed by atoms with Crippen LogP contribution in [0.1, 0.15) is 35.2 Å². The minimum atomic E-state index is -0.356. The van der Waals surface area contributed by atoms with Crippen LogP contribution in [0.5, 0.6) is 5.75 Å². The zero-order valence-corrected chi connectivity index (χ0v) is 16.4. The predicted molar refractivity (Wildman–Crippen MR) is 109 cm³/mol. The molecule has 2 aromatic rings. The lowest BCUT2D eigenvalue weighted by molar-refractivity contribution is -0.139. The number of benzene rings is 2. The van der Waals surface area contributed by atoms with Crippen molar-refractivity contribution in [3.63, 3.8) is 0 Å². The van der Waals surface area contributed by atoms with E-state index in [0.29, 0.717) is 16.9 Å². The second-order valence-corrected chi connectivity index (χ2v) is 6.80. The standard InChI is InChI=1S/C22H26N2O4/c1-27-20-14-17(11-10-16(20)15-21(25)28-2)22(26)23-18-8-4-5-9-19(18)24-12-6-3-7-13-24/h4-5,8-11,14H,3,6-7,12-13,15H2,1-2H3,(H,23,26). The Morgan fingerprint density at radius 3 is 2.50 bits per heavy atom. The van der Waals surface area contributed by atoms with Crippen LogP contribution in [-0.2, 0) is 16.0 Å². The molecule has 28 heavy (non-hydrogen) atoms. The van der Waals surface area contributed by atoms with Crippen LogP contribution >= 0.6 is 0 Å². The van der Waals surface area contributed by atoms with Gasteiger partial charge < -0.3 is 19.7 Å². The lowest BCUT2D eigenvalue weighted by Gasteiger charge is -2.30. The largest absolute Gasteiger partial charge is 0.496 e. The highest BCUT2D eigenvalue weighted by atomic mass is 16.5. The van der Waals surface area contributed by atoms with Gasteiger partial charge >= 0.3 is 5.97 Å². The Morgan fingerprint density at radius 2 is 1.79 bits per heavy atom. The number of nitrogens with one attached hydrogen (secondary N) is 1. The molecule has 1 fully saturated rings. The Hall–Kier alpha value is -3.02. The van der Waals surface area contributed by atoms with Crippen LogP contribution in [-0.4, -0.2) is 39.2 Å². The molecule has 0 aromatic heterocycles. The number of esters is 1. The van der Waals surface area contributed by atoms with Gasteiger partial charge in [-0.3, -0.25) is 9.59 Å². The third-order valence-corrected chi connectivity index (χ3v) is 4.96. The van der Waals surface area contributed by atoms with Gasteiger partial charge in [0.05, 0.1) is 32.0 Å². The summed E-state index contributed by atoms with van der Waals surface area (Å²) < 4.78 is 10.1. The normalized spacial score (nSPS) is 13.7. The first-order valence-corrected chi connectivity index (χ1v) is 9.51. The van der Waals surface area contributed by atoms with Gasteiger partial charge in [0.2, 0.25) is 0 Å². The lowest BCUT2D eigenvalue weighted by atomic mass is 10.1. The smallest absolute Gasteiger partial charge is 0.310 e. The molecule has 0 radical (unpaired) electrons. The molecule has 6 heteroatoms. The highest BCUT2D eigenvalue weighted by molar-refractivity contribution is 6.06. The van der Waals surface area contributed by atoms with E-state index in [1.165, 1.54) is 33.5 Å². The van der Waals surface area contributed by atoms with Gasteiger partial charge in [-0.15, -0.1) is 0 Å². The van der Waals surface area contributed by atoms with Crippen molar-refractivity contribution < 1.29 is 19.1 Å². The van der Waals surface area contributed by atoms with Crippen molar-refractivity contribution in [1.29, 1.82) is 0 Å². The van der Waals surface area contributed by atoms with Crippen LogP contribution in [0.15, 0.2) is 42.5 Å². The van der Waals surface area contributed by atoms with Crippen molar-refractivity contribution in [3.05, 3.63) is 53.6 Å². The first kappa shape index (κ1) is 19.7. The molecular formula is C22H26N2O4. The van der Waals surface area contributed by atoms with Gasteiger partial charge in [-0.1, -0.05) is 18.2 Å². The molecule has 1 saturated heterocycles. The van der Waals surface area contributed by atoms with Crippen molar-refractivity contribution in [1.82, 2.24) is 0 Å². The Labute approximate surface area is 165 Å². The maximum atomic E-state index is 12.8. The van der Waals surface area contributed by atoms with Crippen LogP contribution < -0.4 is 15.0 Å². The number of para-hydroxylation sites is 2. The summed E-state index contributed by atoms with van der Waals surface area (Å²) in [5, 5.41) is 3.02. The van der Waals surface area contributed by atoms with E-state index in [9.17, 15) is 9.59 Å². The summed E-state index contributed by atoms with van der Waals surface area (Å²) in [4.78, 5) is 26.7. The zero-order chi connectivity index (χ0) is 19.9. The molecule has 0 aliphatic carbocycles. The van der Waals surface area contributed by atoms with Crippen LogP contribution in [0, 0.1) is 0 Å². The number of amides is 1. The van der Waals surface area contributed by atoms with Crippen molar-refractivity contribution in [3.8, 4) is 5.75 Å². The SMILES string of the molecule is COC(=O)Cc1ccc(C(=O)Nc2ccccc2N2CCCCC2)cc1OC. The summed E-state index contributed by atoms with van der Waals surface area (Å²) in [6.07, 6.45) is 3.68. The molecule has 1 aliphatic rings. The molecule has 1 N–H and O–H groups in total. The Morgan fingerprint density at radius 1 is 1.04 bits per heavy atom. The molecule has 148 valence electrons. The second-order valence-electron chi connectivity index (χ2n) is 6.80. The lowest BCUT2D eigenvalue weighted by Crippen LogP contribution is -2.30. The number of hydrogen-bond donors (Lipinski definition) is 1. The maximum absolute atomic E-state index is 12.8. The van der Waals surface area contributed by atoms with Gasteiger partial charge in [0.1, 0.15) is 5.75 Å².